The number of carbonyl (C=O) groups is 2. The maximum absolute atomic E-state index is 12.1. The average Bonchev–Trinajstić information content (AvgIpc) is 2.80. The summed E-state index contributed by atoms with van der Waals surface area (Å²) in [6.45, 7) is 5.28. The number of benzene rings is 1. The van der Waals surface area contributed by atoms with Gasteiger partial charge in [0.15, 0.2) is 0 Å². The van der Waals surface area contributed by atoms with Gasteiger partial charge in [-0.1, -0.05) is 6.07 Å². The van der Waals surface area contributed by atoms with E-state index < -0.39 is 0 Å². The van der Waals surface area contributed by atoms with Gasteiger partial charge in [0.25, 0.3) is 5.91 Å². The van der Waals surface area contributed by atoms with Gasteiger partial charge in [-0.2, -0.15) is 0 Å². The Balaban J connectivity index is 2.21. The molecule has 1 aromatic carbocycles. The van der Waals surface area contributed by atoms with Crippen LogP contribution in [0.5, 0.6) is 0 Å². The highest BCUT2D eigenvalue weighted by molar-refractivity contribution is 7.14. The second-order valence-corrected chi connectivity index (χ2v) is 5.81. The predicted octanol–water partition coefficient (Wildman–Crippen LogP) is 3.58. The fourth-order valence-corrected chi connectivity index (χ4v) is 2.60. The molecule has 5 heteroatoms. The van der Waals surface area contributed by atoms with Crippen LogP contribution in [0.2, 0.25) is 0 Å². The molecule has 0 radical (unpaired) electrons. The molecule has 2 amide bonds. The van der Waals surface area contributed by atoms with Crippen molar-refractivity contribution in [2.45, 2.75) is 20.8 Å². The third-order valence-corrected chi connectivity index (χ3v) is 3.86. The Morgan fingerprint density at radius 2 is 1.65 bits per heavy atom. The highest BCUT2D eigenvalue weighted by Gasteiger charge is 2.11. The Hall–Kier alpha value is -2.14. The van der Waals surface area contributed by atoms with Gasteiger partial charge in [-0.15, -0.1) is 11.3 Å². The Kier molecular flexibility index (Phi) is 4.20. The lowest BCUT2D eigenvalue weighted by Gasteiger charge is -2.12. The van der Waals surface area contributed by atoms with Crippen LogP contribution in [-0.4, -0.2) is 11.8 Å². The van der Waals surface area contributed by atoms with Crippen molar-refractivity contribution in [3.05, 3.63) is 45.6 Å². The van der Waals surface area contributed by atoms with Gasteiger partial charge in [0.2, 0.25) is 5.91 Å². The number of anilines is 2. The average molecular weight is 288 g/mol. The number of thiophene rings is 1. The Bertz CT molecular complexity index is 662. The molecular formula is C15H16N2O2S. The van der Waals surface area contributed by atoms with Crippen molar-refractivity contribution in [2.24, 2.45) is 0 Å². The highest BCUT2D eigenvalue weighted by atomic mass is 32.1. The van der Waals surface area contributed by atoms with E-state index in [4.69, 9.17) is 0 Å². The topological polar surface area (TPSA) is 58.2 Å². The monoisotopic (exact) mass is 288 g/mol. The Morgan fingerprint density at radius 1 is 1.00 bits per heavy atom. The highest BCUT2D eigenvalue weighted by Crippen LogP contribution is 2.24. The van der Waals surface area contributed by atoms with Crippen molar-refractivity contribution in [3.8, 4) is 0 Å². The van der Waals surface area contributed by atoms with E-state index in [9.17, 15) is 9.59 Å². The molecule has 104 valence electrons. The van der Waals surface area contributed by atoms with E-state index in [0.29, 0.717) is 16.3 Å². The minimum Gasteiger partial charge on any atom is -0.326 e. The lowest BCUT2D eigenvalue weighted by molar-refractivity contribution is -0.114. The molecule has 0 bridgehead atoms. The third-order valence-electron chi connectivity index (χ3n) is 2.86. The number of carbonyl (C=O) groups excluding carboxylic acids is 2. The first-order valence-corrected chi connectivity index (χ1v) is 7.04. The van der Waals surface area contributed by atoms with Crippen molar-refractivity contribution < 1.29 is 9.59 Å². The summed E-state index contributed by atoms with van der Waals surface area (Å²) in [6.07, 6.45) is 0. The summed E-state index contributed by atoms with van der Waals surface area (Å²) in [4.78, 5) is 25.0. The molecule has 0 aliphatic heterocycles. The van der Waals surface area contributed by atoms with Crippen LogP contribution in [0.1, 0.15) is 27.0 Å². The van der Waals surface area contributed by atoms with E-state index in [-0.39, 0.29) is 11.8 Å². The van der Waals surface area contributed by atoms with Gasteiger partial charge in [0.05, 0.1) is 4.88 Å². The maximum Gasteiger partial charge on any atom is 0.265 e. The standard InChI is InChI=1S/C15H16N2O2S/c1-9-7-8-14(20-9)15(19)17-13-6-4-5-12(10(13)2)16-11(3)18/h4-8H,1-3H3,(H,16,18)(H,17,19). The maximum atomic E-state index is 12.1. The molecule has 2 N–H and O–H groups in total. The van der Waals surface area contributed by atoms with Crippen LogP contribution in [0.25, 0.3) is 0 Å². The summed E-state index contributed by atoms with van der Waals surface area (Å²) >= 11 is 1.45. The molecular weight excluding hydrogens is 272 g/mol. The zero-order valence-electron chi connectivity index (χ0n) is 11.6. The SMILES string of the molecule is CC(=O)Nc1cccc(NC(=O)c2ccc(C)s2)c1C. The number of nitrogens with one attached hydrogen (secondary N) is 2. The number of amides is 2. The van der Waals surface area contributed by atoms with Crippen LogP contribution in [-0.2, 0) is 4.79 Å². The van der Waals surface area contributed by atoms with E-state index in [1.807, 2.05) is 38.1 Å². The van der Waals surface area contributed by atoms with E-state index in [1.165, 1.54) is 18.3 Å². The lowest BCUT2D eigenvalue weighted by Crippen LogP contribution is -2.13. The second-order valence-electron chi connectivity index (χ2n) is 4.52. The molecule has 0 aliphatic rings. The van der Waals surface area contributed by atoms with Gasteiger partial charge in [-0.25, -0.2) is 0 Å². The summed E-state index contributed by atoms with van der Waals surface area (Å²) in [7, 11) is 0. The Labute approximate surface area is 121 Å². The zero-order chi connectivity index (χ0) is 14.7. The summed E-state index contributed by atoms with van der Waals surface area (Å²) in [5.41, 5.74) is 2.24. The molecule has 2 rings (SSSR count). The van der Waals surface area contributed by atoms with Crippen LogP contribution in [0, 0.1) is 13.8 Å². The summed E-state index contributed by atoms with van der Waals surface area (Å²) in [6, 6.07) is 9.15. The quantitative estimate of drug-likeness (QED) is 0.907. The largest absolute Gasteiger partial charge is 0.326 e. The minimum absolute atomic E-state index is 0.133. The van der Waals surface area contributed by atoms with Crippen molar-refractivity contribution >= 4 is 34.5 Å². The van der Waals surface area contributed by atoms with Gasteiger partial charge in [-0.05, 0) is 43.7 Å². The number of hydrogen-bond donors (Lipinski definition) is 2. The van der Waals surface area contributed by atoms with Crippen molar-refractivity contribution in [3.63, 3.8) is 0 Å². The number of rotatable bonds is 3. The van der Waals surface area contributed by atoms with Crippen LogP contribution in [0.4, 0.5) is 11.4 Å². The summed E-state index contributed by atoms with van der Waals surface area (Å²) in [5.74, 6) is -0.267. The first kappa shape index (κ1) is 14.3. The smallest absolute Gasteiger partial charge is 0.265 e. The normalized spacial score (nSPS) is 10.2. The van der Waals surface area contributed by atoms with Crippen molar-refractivity contribution in [1.82, 2.24) is 0 Å². The van der Waals surface area contributed by atoms with Gasteiger partial charge in [-0.3, -0.25) is 9.59 Å². The van der Waals surface area contributed by atoms with Gasteiger partial charge in [0, 0.05) is 23.2 Å². The van der Waals surface area contributed by atoms with Crippen LogP contribution in [0.15, 0.2) is 30.3 Å². The zero-order valence-corrected chi connectivity index (χ0v) is 12.4. The van der Waals surface area contributed by atoms with Gasteiger partial charge in [0.1, 0.15) is 0 Å². The Morgan fingerprint density at radius 3 is 2.20 bits per heavy atom. The van der Waals surface area contributed by atoms with E-state index in [0.717, 1.165) is 10.4 Å². The summed E-state index contributed by atoms with van der Waals surface area (Å²) in [5, 5.41) is 5.62. The van der Waals surface area contributed by atoms with Crippen molar-refractivity contribution in [2.75, 3.05) is 10.6 Å². The molecule has 0 saturated heterocycles. The van der Waals surface area contributed by atoms with E-state index in [2.05, 4.69) is 10.6 Å². The van der Waals surface area contributed by atoms with Crippen LogP contribution < -0.4 is 10.6 Å². The molecule has 0 unspecified atom stereocenters. The van der Waals surface area contributed by atoms with Crippen LogP contribution >= 0.6 is 11.3 Å². The molecule has 2 aromatic rings. The van der Waals surface area contributed by atoms with Gasteiger partial charge >= 0.3 is 0 Å². The number of aryl methyl sites for hydroxylation is 1. The first-order chi connectivity index (χ1) is 9.47. The molecule has 4 nitrogen and oxygen atoms in total. The van der Waals surface area contributed by atoms with E-state index in [1.54, 1.807) is 6.07 Å². The molecule has 0 atom stereocenters. The minimum atomic E-state index is -0.134. The predicted molar refractivity (Wildman–Crippen MR) is 82.5 cm³/mol. The molecule has 20 heavy (non-hydrogen) atoms. The van der Waals surface area contributed by atoms with Gasteiger partial charge < -0.3 is 10.6 Å². The fourth-order valence-electron chi connectivity index (χ4n) is 1.84. The van der Waals surface area contributed by atoms with Crippen LogP contribution in [0.3, 0.4) is 0 Å². The molecule has 0 aliphatic carbocycles. The molecule has 1 heterocycles. The first-order valence-electron chi connectivity index (χ1n) is 6.22. The molecule has 0 fully saturated rings. The third kappa shape index (κ3) is 3.24. The second kappa shape index (κ2) is 5.88. The molecule has 1 aromatic heterocycles. The number of hydrogen-bond acceptors (Lipinski definition) is 3. The molecule has 0 spiro atoms. The lowest BCUT2D eigenvalue weighted by atomic mass is 10.1. The summed E-state index contributed by atoms with van der Waals surface area (Å²) < 4.78 is 0. The fraction of sp³-hybridized carbons (Fsp3) is 0.200. The van der Waals surface area contributed by atoms with Crippen molar-refractivity contribution in [1.29, 1.82) is 0 Å². The van der Waals surface area contributed by atoms with E-state index >= 15 is 0 Å². The molecule has 0 saturated carbocycles.